The summed E-state index contributed by atoms with van der Waals surface area (Å²) in [4.78, 5) is 4.11. The van der Waals surface area contributed by atoms with Crippen LogP contribution in [0.2, 0.25) is 0 Å². The third-order valence-electron chi connectivity index (χ3n) is 4.09. The fourth-order valence-corrected chi connectivity index (χ4v) is 3.71. The van der Waals surface area contributed by atoms with Gasteiger partial charge in [-0.1, -0.05) is 39.8 Å². The molecule has 6 nitrogen and oxygen atoms in total. The van der Waals surface area contributed by atoms with Gasteiger partial charge in [-0.3, -0.25) is 4.99 Å². The molecule has 1 unspecified atom stereocenters. The summed E-state index contributed by atoms with van der Waals surface area (Å²) < 4.78 is 25.5. The predicted molar refractivity (Wildman–Crippen MR) is 102 cm³/mol. The second-order valence-electron chi connectivity index (χ2n) is 5.72. The van der Waals surface area contributed by atoms with Crippen molar-refractivity contribution in [3.8, 4) is 0 Å². The molecule has 1 aromatic carbocycles. The summed E-state index contributed by atoms with van der Waals surface area (Å²) in [5.74, 6) is 0.709. The van der Waals surface area contributed by atoms with Gasteiger partial charge >= 0.3 is 0 Å². The summed E-state index contributed by atoms with van der Waals surface area (Å²) in [6, 6.07) is 8.04. The van der Waals surface area contributed by atoms with Crippen LogP contribution in [0.1, 0.15) is 45.6 Å². The molecule has 0 aliphatic rings. The molecule has 0 fully saturated rings. The molecule has 24 heavy (non-hydrogen) atoms. The zero-order valence-electron chi connectivity index (χ0n) is 15.1. The summed E-state index contributed by atoms with van der Waals surface area (Å²) in [5.41, 5.74) is 7.95. The van der Waals surface area contributed by atoms with Crippen molar-refractivity contribution in [1.82, 2.24) is 4.31 Å². The van der Waals surface area contributed by atoms with Gasteiger partial charge in [0.15, 0.2) is 5.96 Å². The predicted octanol–water partition coefficient (Wildman–Crippen LogP) is 2.60. The maximum Gasteiger partial charge on any atom is 0.215 e. The number of hydrogen-bond donors (Lipinski definition) is 2. The molecule has 0 spiro atoms. The van der Waals surface area contributed by atoms with Crippen LogP contribution in [-0.4, -0.2) is 44.1 Å². The molecule has 1 rings (SSSR count). The number of rotatable bonds is 9. The number of anilines is 1. The Balaban J connectivity index is 2.58. The minimum atomic E-state index is -3.27. The summed E-state index contributed by atoms with van der Waals surface area (Å²) in [7, 11) is -3.27. The average molecular weight is 355 g/mol. The molecule has 0 aliphatic carbocycles. The number of nitrogens with one attached hydrogen (secondary N) is 1. The lowest BCUT2D eigenvalue weighted by Crippen LogP contribution is -2.34. The van der Waals surface area contributed by atoms with Crippen LogP contribution in [0.5, 0.6) is 0 Å². The molecule has 7 heteroatoms. The fraction of sp³-hybridized carbons (Fsp3) is 0.588. The highest BCUT2D eigenvalue weighted by atomic mass is 32.2. The van der Waals surface area contributed by atoms with Crippen molar-refractivity contribution in [3.63, 3.8) is 0 Å². The number of benzene rings is 1. The highest BCUT2D eigenvalue weighted by Crippen LogP contribution is 2.20. The van der Waals surface area contributed by atoms with Gasteiger partial charge in [0.1, 0.15) is 0 Å². The minimum Gasteiger partial charge on any atom is -0.370 e. The van der Waals surface area contributed by atoms with E-state index in [9.17, 15) is 8.42 Å². The molecule has 0 aliphatic heterocycles. The summed E-state index contributed by atoms with van der Waals surface area (Å²) >= 11 is 0. The lowest BCUT2D eigenvalue weighted by molar-refractivity contribution is 0.445. The minimum absolute atomic E-state index is 0.0377. The van der Waals surface area contributed by atoms with Crippen molar-refractivity contribution in [1.29, 1.82) is 0 Å². The van der Waals surface area contributed by atoms with E-state index >= 15 is 0 Å². The number of sulfonamides is 1. The Morgan fingerprint density at radius 1 is 1.21 bits per heavy atom. The zero-order chi connectivity index (χ0) is 18.2. The van der Waals surface area contributed by atoms with Crippen molar-refractivity contribution < 1.29 is 8.42 Å². The van der Waals surface area contributed by atoms with Crippen LogP contribution in [0.3, 0.4) is 0 Å². The first-order valence-corrected chi connectivity index (χ1v) is 10.1. The smallest absolute Gasteiger partial charge is 0.215 e. The van der Waals surface area contributed by atoms with Crippen molar-refractivity contribution in [3.05, 3.63) is 29.8 Å². The highest BCUT2D eigenvalue weighted by molar-refractivity contribution is 7.89. The van der Waals surface area contributed by atoms with Gasteiger partial charge in [0.2, 0.25) is 10.0 Å². The molecule has 0 bridgehead atoms. The van der Waals surface area contributed by atoms with Gasteiger partial charge in [-0.05, 0) is 30.0 Å². The highest BCUT2D eigenvalue weighted by Gasteiger charge is 2.17. The molecule has 1 aromatic rings. The Morgan fingerprint density at radius 2 is 1.79 bits per heavy atom. The van der Waals surface area contributed by atoms with Gasteiger partial charge in [0, 0.05) is 18.8 Å². The van der Waals surface area contributed by atoms with E-state index < -0.39 is 10.0 Å². The van der Waals surface area contributed by atoms with Crippen molar-refractivity contribution in [2.45, 2.75) is 40.0 Å². The quantitative estimate of drug-likeness (QED) is 0.527. The van der Waals surface area contributed by atoms with Crippen molar-refractivity contribution in [2.24, 2.45) is 10.7 Å². The topological polar surface area (TPSA) is 87.8 Å². The number of aliphatic imine (C=N–C) groups is 1. The van der Waals surface area contributed by atoms with Crippen LogP contribution in [0.15, 0.2) is 29.3 Å². The molecular formula is C17H30N4O2S. The van der Waals surface area contributed by atoms with E-state index in [4.69, 9.17) is 5.73 Å². The van der Waals surface area contributed by atoms with E-state index in [1.807, 2.05) is 26.0 Å². The molecule has 0 saturated carbocycles. The van der Waals surface area contributed by atoms with Crippen LogP contribution in [0.25, 0.3) is 0 Å². The van der Waals surface area contributed by atoms with Crippen molar-refractivity contribution in [2.75, 3.05) is 30.7 Å². The number of hydrogen-bond acceptors (Lipinski definition) is 3. The van der Waals surface area contributed by atoms with Gasteiger partial charge in [0.25, 0.3) is 0 Å². The van der Waals surface area contributed by atoms with Crippen LogP contribution in [0.4, 0.5) is 5.69 Å². The van der Waals surface area contributed by atoms with Crippen LogP contribution >= 0.6 is 0 Å². The summed E-state index contributed by atoms with van der Waals surface area (Å²) in [6.45, 7) is 9.08. The first kappa shape index (κ1) is 20.4. The standard InChI is InChI=1S/C17H30N4O2S/c1-5-14(4)15-8-10-16(11-9-15)20-17(18)19-12-13-24(22,23)21(6-2)7-3/h8-11,14H,5-7,12-13H2,1-4H3,(H3,18,19,20). The Hall–Kier alpha value is -1.60. The third-order valence-corrected chi connectivity index (χ3v) is 6.10. The average Bonchev–Trinajstić information content (AvgIpc) is 2.55. The van der Waals surface area contributed by atoms with Gasteiger partial charge in [0.05, 0.1) is 12.3 Å². The second-order valence-corrected chi connectivity index (χ2v) is 7.81. The maximum atomic E-state index is 12.1. The van der Waals surface area contributed by atoms with E-state index in [-0.39, 0.29) is 18.3 Å². The summed E-state index contributed by atoms with van der Waals surface area (Å²) in [6.07, 6.45) is 1.09. The molecule has 0 amide bonds. The lowest BCUT2D eigenvalue weighted by Gasteiger charge is -2.17. The molecule has 0 saturated heterocycles. The molecule has 0 aromatic heterocycles. The third kappa shape index (κ3) is 6.13. The van der Waals surface area contributed by atoms with Crippen LogP contribution in [0, 0.1) is 0 Å². The normalized spacial score (nSPS) is 14.0. The summed E-state index contributed by atoms with van der Waals surface area (Å²) in [5, 5.41) is 2.99. The number of guanidine groups is 1. The van der Waals surface area contributed by atoms with E-state index in [1.54, 1.807) is 0 Å². The second kappa shape index (κ2) is 9.64. The molecule has 1 atom stereocenters. The number of nitrogens with two attached hydrogens (primary N) is 1. The van der Waals surface area contributed by atoms with Crippen LogP contribution < -0.4 is 11.1 Å². The van der Waals surface area contributed by atoms with Gasteiger partial charge in [-0.25, -0.2) is 12.7 Å². The molecule has 3 N–H and O–H groups in total. The first-order valence-electron chi connectivity index (χ1n) is 8.48. The van der Waals surface area contributed by atoms with E-state index in [0.29, 0.717) is 19.0 Å². The monoisotopic (exact) mass is 354 g/mol. The zero-order valence-corrected chi connectivity index (χ0v) is 15.9. The molecule has 136 valence electrons. The van der Waals surface area contributed by atoms with E-state index in [0.717, 1.165) is 12.1 Å². The Kier molecular flexibility index (Phi) is 8.21. The van der Waals surface area contributed by atoms with Gasteiger partial charge in [-0.15, -0.1) is 0 Å². The number of nitrogens with zero attached hydrogens (tertiary/aromatic N) is 2. The maximum absolute atomic E-state index is 12.1. The largest absolute Gasteiger partial charge is 0.370 e. The van der Waals surface area contributed by atoms with Gasteiger partial charge < -0.3 is 11.1 Å². The van der Waals surface area contributed by atoms with Gasteiger partial charge in [-0.2, -0.15) is 0 Å². The lowest BCUT2D eigenvalue weighted by atomic mass is 9.99. The SMILES string of the molecule is CCC(C)c1ccc(NC(N)=NCCS(=O)(=O)N(CC)CC)cc1. The van der Waals surface area contributed by atoms with E-state index in [1.165, 1.54) is 9.87 Å². The van der Waals surface area contributed by atoms with Crippen molar-refractivity contribution >= 4 is 21.7 Å². The fourth-order valence-electron chi connectivity index (χ4n) is 2.35. The molecule has 0 heterocycles. The Bertz CT molecular complexity index is 622. The van der Waals surface area contributed by atoms with Crippen LogP contribution in [-0.2, 0) is 10.0 Å². The van der Waals surface area contributed by atoms with E-state index in [2.05, 4.69) is 36.3 Å². The Morgan fingerprint density at radius 3 is 2.29 bits per heavy atom. The first-order chi connectivity index (χ1) is 11.3. The molecular weight excluding hydrogens is 324 g/mol. The molecule has 0 radical (unpaired) electrons. The Labute approximate surface area is 146 Å².